The van der Waals surface area contributed by atoms with E-state index in [1.165, 1.54) is 57.8 Å². The number of hydrogen-bond donors (Lipinski definition) is 1. The molecule has 1 N–H and O–H groups in total. The molecule has 0 saturated carbocycles. The van der Waals surface area contributed by atoms with Crippen molar-refractivity contribution in [1.29, 1.82) is 0 Å². The minimum absolute atomic E-state index is 0.407. The molecule has 3 nitrogen and oxygen atoms in total. The quantitative estimate of drug-likeness (QED) is 0.582. The molecule has 1 atom stereocenters. The summed E-state index contributed by atoms with van der Waals surface area (Å²) < 4.78 is 0. The van der Waals surface area contributed by atoms with Gasteiger partial charge in [0.1, 0.15) is 0 Å². The van der Waals surface area contributed by atoms with Gasteiger partial charge in [0.2, 0.25) is 5.91 Å². The molecule has 1 unspecified atom stereocenters. The van der Waals surface area contributed by atoms with E-state index in [0.29, 0.717) is 11.9 Å². The summed E-state index contributed by atoms with van der Waals surface area (Å²) in [7, 11) is 1.99. The van der Waals surface area contributed by atoms with E-state index in [2.05, 4.69) is 17.1 Å². The number of carbonyl (C=O) groups is 1. The molecule has 1 fully saturated rings. The highest BCUT2D eigenvalue weighted by atomic mass is 16.2. The van der Waals surface area contributed by atoms with Gasteiger partial charge < -0.3 is 10.2 Å². The SMILES string of the molecule is CCCCCCCCCC(=O)N1CCCCC1CCNC. The van der Waals surface area contributed by atoms with Gasteiger partial charge in [-0.05, 0) is 45.7 Å². The van der Waals surface area contributed by atoms with Crippen LogP contribution in [0.1, 0.15) is 84.0 Å². The van der Waals surface area contributed by atoms with Crippen molar-refractivity contribution in [3.8, 4) is 0 Å². The van der Waals surface area contributed by atoms with Crippen LogP contribution >= 0.6 is 0 Å². The van der Waals surface area contributed by atoms with Crippen LogP contribution < -0.4 is 5.32 Å². The number of carbonyl (C=O) groups excluding carboxylic acids is 1. The number of unbranched alkanes of at least 4 members (excludes halogenated alkanes) is 6. The summed E-state index contributed by atoms with van der Waals surface area (Å²) in [4.78, 5) is 14.6. The summed E-state index contributed by atoms with van der Waals surface area (Å²) in [6, 6.07) is 0.489. The molecule has 1 heterocycles. The molecule has 0 aromatic carbocycles. The zero-order chi connectivity index (χ0) is 15.3. The Labute approximate surface area is 131 Å². The highest BCUT2D eigenvalue weighted by Gasteiger charge is 2.25. The third-order valence-electron chi connectivity index (χ3n) is 4.67. The predicted octanol–water partition coefficient (Wildman–Crippen LogP) is 4.12. The van der Waals surface area contributed by atoms with Crippen LogP contribution in [0.5, 0.6) is 0 Å². The first-order valence-electron chi connectivity index (χ1n) is 9.23. The fourth-order valence-corrected chi connectivity index (χ4v) is 3.32. The molecule has 124 valence electrons. The average molecular weight is 296 g/mol. The fourth-order valence-electron chi connectivity index (χ4n) is 3.32. The van der Waals surface area contributed by atoms with E-state index in [-0.39, 0.29) is 0 Å². The summed E-state index contributed by atoms with van der Waals surface area (Å²) in [6.07, 6.45) is 14.5. The van der Waals surface area contributed by atoms with E-state index in [1.54, 1.807) is 0 Å². The van der Waals surface area contributed by atoms with Crippen molar-refractivity contribution in [1.82, 2.24) is 10.2 Å². The van der Waals surface area contributed by atoms with Gasteiger partial charge in [0.05, 0.1) is 0 Å². The first-order valence-corrected chi connectivity index (χ1v) is 9.23. The normalized spacial score (nSPS) is 19.0. The first-order chi connectivity index (χ1) is 10.3. The molecule has 0 spiro atoms. The van der Waals surface area contributed by atoms with E-state index in [0.717, 1.165) is 32.4 Å². The van der Waals surface area contributed by atoms with Crippen molar-refractivity contribution < 1.29 is 4.79 Å². The van der Waals surface area contributed by atoms with Crippen LogP contribution in [0, 0.1) is 0 Å². The second kappa shape index (κ2) is 12.0. The Morgan fingerprint density at radius 1 is 1.10 bits per heavy atom. The number of nitrogens with one attached hydrogen (secondary N) is 1. The van der Waals surface area contributed by atoms with Gasteiger partial charge in [0.15, 0.2) is 0 Å². The van der Waals surface area contributed by atoms with Crippen molar-refractivity contribution in [2.24, 2.45) is 0 Å². The summed E-state index contributed by atoms with van der Waals surface area (Å²) in [5.74, 6) is 0.407. The molecule has 0 aromatic heterocycles. The van der Waals surface area contributed by atoms with Crippen LogP contribution in [0.2, 0.25) is 0 Å². The molecular formula is C18H36N2O. The topological polar surface area (TPSA) is 32.3 Å². The number of hydrogen-bond acceptors (Lipinski definition) is 2. The van der Waals surface area contributed by atoms with E-state index in [4.69, 9.17) is 0 Å². The Morgan fingerprint density at radius 2 is 1.81 bits per heavy atom. The van der Waals surface area contributed by atoms with Crippen molar-refractivity contribution in [3.05, 3.63) is 0 Å². The Hall–Kier alpha value is -0.570. The van der Waals surface area contributed by atoms with Gasteiger partial charge in [-0.25, -0.2) is 0 Å². The molecule has 1 aliphatic heterocycles. The van der Waals surface area contributed by atoms with Gasteiger partial charge in [-0.2, -0.15) is 0 Å². The maximum absolute atomic E-state index is 12.4. The molecule has 0 aromatic rings. The minimum Gasteiger partial charge on any atom is -0.340 e. The standard InChI is InChI=1S/C18H36N2O/c1-3-4-5-6-7-8-9-13-18(21)20-16-11-10-12-17(20)14-15-19-2/h17,19H,3-16H2,1-2H3. The Morgan fingerprint density at radius 3 is 2.52 bits per heavy atom. The summed E-state index contributed by atoms with van der Waals surface area (Å²) in [5.41, 5.74) is 0. The lowest BCUT2D eigenvalue weighted by atomic mass is 9.98. The molecule has 0 aliphatic carbocycles. The zero-order valence-corrected chi connectivity index (χ0v) is 14.3. The summed E-state index contributed by atoms with van der Waals surface area (Å²) in [6.45, 7) is 4.26. The van der Waals surface area contributed by atoms with Gasteiger partial charge in [-0.1, -0.05) is 45.4 Å². The monoisotopic (exact) mass is 296 g/mol. The van der Waals surface area contributed by atoms with Gasteiger partial charge in [-0.15, -0.1) is 0 Å². The smallest absolute Gasteiger partial charge is 0.222 e. The molecule has 21 heavy (non-hydrogen) atoms. The van der Waals surface area contributed by atoms with Crippen molar-refractivity contribution in [2.75, 3.05) is 20.1 Å². The Bertz CT molecular complexity index is 268. The fraction of sp³-hybridized carbons (Fsp3) is 0.944. The van der Waals surface area contributed by atoms with Crippen molar-refractivity contribution >= 4 is 5.91 Å². The van der Waals surface area contributed by atoms with Crippen LogP contribution in [-0.4, -0.2) is 37.0 Å². The van der Waals surface area contributed by atoms with Gasteiger partial charge in [0.25, 0.3) is 0 Å². The first kappa shape index (κ1) is 18.5. The molecule has 0 radical (unpaired) electrons. The second-order valence-corrected chi connectivity index (χ2v) is 6.50. The van der Waals surface area contributed by atoms with Crippen LogP contribution in [0.4, 0.5) is 0 Å². The maximum atomic E-state index is 12.4. The molecule has 1 rings (SSSR count). The number of likely N-dealkylation sites (tertiary alicyclic amines) is 1. The van der Waals surface area contributed by atoms with Crippen LogP contribution in [-0.2, 0) is 4.79 Å². The Balaban J connectivity index is 2.16. The van der Waals surface area contributed by atoms with E-state index >= 15 is 0 Å². The van der Waals surface area contributed by atoms with E-state index in [1.807, 2.05) is 7.05 Å². The third-order valence-corrected chi connectivity index (χ3v) is 4.67. The summed E-state index contributed by atoms with van der Waals surface area (Å²) in [5, 5.41) is 3.21. The van der Waals surface area contributed by atoms with Crippen molar-refractivity contribution in [2.45, 2.75) is 90.0 Å². The van der Waals surface area contributed by atoms with Gasteiger partial charge in [-0.3, -0.25) is 4.79 Å². The number of piperidine rings is 1. The maximum Gasteiger partial charge on any atom is 0.222 e. The Kier molecular flexibility index (Phi) is 10.6. The van der Waals surface area contributed by atoms with Crippen LogP contribution in [0.15, 0.2) is 0 Å². The lowest BCUT2D eigenvalue weighted by Gasteiger charge is -2.36. The van der Waals surface area contributed by atoms with Crippen LogP contribution in [0.3, 0.4) is 0 Å². The minimum atomic E-state index is 0.407. The largest absolute Gasteiger partial charge is 0.340 e. The lowest BCUT2D eigenvalue weighted by molar-refractivity contribution is -0.135. The van der Waals surface area contributed by atoms with Gasteiger partial charge in [0, 0.05) is 19.0 Å². The van der Waals surface area contributed by atoms with Crippen molar-refractivity contribution in [3.63, 3.8) is 0 Å². The number of nitrogens with zero attached hydrogens (tertiary/aromatic N) is 1. The summed E-state index contributed by atoms with van der Waals surface area (Å²) >= 11 is 0. The molecule has 1 aliphatic rings. The van der Waals surface area contributed by atoms with E-state index in [9.17, 15) is 4.79 Å². The predicted molar refractivity (Wildman–Crippen MR) is 90.5 cm³/mol. The third kappa shape index (κ3) is 7.85. The molecule has 3 heteroatoms. The zero-order valence-electron chi connectivity index (χ0n) is 14.3. The lowest BCUT2D eigenvalue weighted by Crippen LogP contribution is -2.44. The molecule has 0 bridgehead atoms. The second-order valence-electron chi connectivity index (χ2n) is 6.50. The average Bonchev–Trinajstić information content (AvgIpc) is 2.52. The number of amides is 1. The highest BCUT2D eigenvalue weighted by molar-refractivity contribution is 5.76. The highest BCUT2D eigenvalue weighted by Crippen LogP contribution is 2.21. The number of rotatable bonds is 11. The molecule has 1 amide bonds. The van der Waals surface area contributed by atoms with Gasteiger partial charge >= 0.3 is 0 Å². The van der Waals surface area contributed by atoms with E-state index < -0.39 is 0 Å². The molecule has 1 saturated heterocycles. The van der Waals surface area contributed by atoms with Crippen LogP contribution in [0.25, 0.3) is 0 Å². The molecular weight excluding hydrogens is 260 g/mol.